The average molecular weight is 373 g/mol. The predicted molar refractivity (Wildman–Crippen MR) is 107 cm³/mol. The van der Waals surface area contributed by atoms with Crippen LogP contribution in [0, 0.1) is 19.3 Å². The molecule has 0 radical (unpaired) electrons. The molecule has 1 amide bonds. The van der Waals surface area contributed by atoms with Crippen molar-refractivity contribution >= 4 is 22.6 Å². The fourth-order valence-electron chi connectivity index (χ4n) is 3.24. The smallest absolute Gasteiger partial charge is 0.267 e. The fourth-order valence-corrected chi connectivity index (χ4v) is 3.24. The van der Waals surface area contributed by atoms with Gasteiger partial charge in [-0.05, 0) is 43.7 Å². The molecule has 3 heterocycles. The molecule has 0 fully saturated rings. The summed E-state index contributed by atoms with van der Waals surface area (Å²) in [7, 11) is 1.50. The fraction of sp³-hybridized carbons (Fsp3) is 0.143. The minimum atomic E-state index is -0.429. The van der Waals surface area contributed by atoms with E-state index in [0.717, 1.165) is 11.1 Å². The molecule has 2 N–H and O–H groups in total. The van der Waals surface area contributed by atoms with Gasteiger partial charge in [-0.15, -0.1) is 0 Å². The number of benzene rings is 1. The third kappa shape index (κ3) is 2.68. The van der Waals surface area contributed by atoms with Crippen LogP contribution in [0.1, 0.15) is 21.5 Å². The van der Waals surface area contributed by atoms with Gasteiger partial charge in [0.1, 0.15) is 11.1 Å². The summed E-state index contributed by atoms with van der Waals surface area (Å²) in [6.07, 6.45) is 1.72. The zero-order chi connectivity index (χ0) is 20.0. The number of nitrogens with one attached hydrogen (secondary N) is 2. The lowest BCUT2D eigenvalue weighted by Crippen LogP contribution is -2.33. The first-order chi connectivity index (χ1) is 13.4. The standard InChI is InChI=1S/C21H19N5O2/c1-12-4-7-14(8-5-12)26-18(22)15(20(27)23-3)10-16-19(26)24-17-9-6-13(2)11-25(17)21(16)28/h4-11,22H,1-3H3,(H,23,27). The molecule has 4 rings (SSSR count). The third-order valence-corrected chi connectivity index (χ3v) is 4.73. The lowest BCUT2D eigenvalue weighted by atomic mass is 10.1. The van der Waals surface area contributed by atoms with Gasteiger partial charge in [-0.1, -0.05) is 23.8 Å². The van der Waals surface area contributed by atoms with Gasteiger partial charge < -0.3 is 5.32 Å². The first-order valence-electron chi connectivity index (χ1n) is 8.83. The molecule has 0 unspecified atom stereocenters. The first kappa shape index (κ1) is 17.7. The highest BCUT2D eigenvalue weighted by Gasteiger charge is 2.17. The molecule has 7 nitrogen and oxygen atoms in total. The molecule has 0 saturated heterocycles. The molecule has 28 heavy (non-hydrogen) atoms. The zero-order valence-electron chi connectivity index (χ0n) is 15.8. The van der Waals surface area contributed by atoms with E-state index in [9.17, 15) is 9.59 Å². The maximum Gasteiger partial charge on any atom is 0.267 e. The average Bonchev–Trinajstić information content (AvgIpc) is 2.69. The van der Waals surface area contributed by atoms with Gasteiger partial charge in [0, 0.05) is 18.9 Å². The Labute approximate surface area is 160 Å². The van der Waals surface area contributed by atoms with E-state index < -0.39 is 5.91 Å². The maximum absolute atomic E-state index is 13.2. The van der Waals surface area contributed by atoms with Crippen molar-refractivity contribution in [1.29, 1.82) is 5.41 Å². The van der Waals surface area contributed by atoms with Gasteiger partial charge in [0.05, 0.1) is 10.9 Å². The van der Waals surface area contributed by atoms with E-state index in [0.29, 0.717) is 17.0 Å². The second-order valence-corrected chi connectivity index (χ2v) is 6.75. The van der Waals surface area contributed by atoms with E-state index in [1.807, 2.05) is 44.2 Å². The number of aromatic nitrogens is 3. The minimum absolute atomic E-state index is 0.0286. The molecule has 0 aliphatic heterocycles. The monoisotopic (exact) mass is 373 g/mol. The highest BCUT2D eigenvalue weighted by molar-refractivity contribution is 5.97. The van der Waals surface area contributed by atoms with Crippen molar-refractivity contribution in [3.63, 3.8) is 0 Å². The van der Waals surface area contributed by atoms with Crippen LogP contribution in [-0.2, 0) is 0 Å². The summed E-state index contributed by atoms with van der Waals surface area (Å²) in [6, 6.07) is 12.6. The molecular formula is C21H19N5O2. The Bertz CT molecular complexity index is 1360. The Balaban J connectivity index is 2.23. The van der Waals surface area contributed by atoms with Crippen LogP contribution < -0.4 is 16.4 Å². The first-order valence-corrected chi connectivity index (χ1v) is 8.83. The van der Waals surface area contributed by atoms with E-state index in [4.69, 9.17) is 5.41 Å². The summed E-state index contributed by atoms with van der Waals surface area (Å²) in [4.78, 5) is 30.2. The molecule has 0 saturated carbocycles. The van der Waals surface area contributed by atoms with Gasteiger partial charge >= 0.3 is 0 Å². The van der Waals surface area contributed by atoms with E-state index >= 15 is 0 Å². The van der Waals surface area contributed by atoms with Crippen LogP contribution in [0.15, 0.2) is 53.5 Å². The SMILES string of the molecule is CNC(=O)c1cc2c(=O)n3cc(C)ccc3nc2n(-c2ccc(C)cc2)c1=N. The van der Waals surface area contributed by atoms with Crippen LogP contribution in [-0.4, -0.2) is 26.9 Å². The Morgan fingerprint density at radius 2 is 1.75 bits per heavy atom. The lowest BCUT2D eigenvalue weighted by Gasteiger charge is -2.14. The Kier molecular flexibility index (Phi) is 4.07. The molecule has 4 aromatic rings. The second kappa shape index (κ2) is 6.45. The summed E-state index contributed by atoms with van der Waals surface area (Å²) < 4.78 is 3.01. The highest BCUT2D eigenvalue weighted by atomic mass is 16.1. The molecule has 1 aromatic carbocycles. The summed E-state index contributed by atoms with van der Waals surface area (Å²) >= 11 is 0. The van der Waals surface area contributed by atoms with Crippen LogP contribution in [0.4, 0.5) is 0 Å². The van der Waals surface area contributed by atoms with Crippen molar-refractivity contribution in [3.05, 3.63) is 81.2 Å². The molecule has 0 aliphatic carbocycles. The predicted octanol–water partition coefficient (Wildman–Crippen LogP) is 2.09. The number of hydrogen-bond donors (Lipinski definition) is 2. The van der Waals surface area contributed by atoms with E-state index in [1.54, 1.807) is 16.8 Å². The molecule has 0 bridgehead atoms. The quantitative estimate of drug-likeness (QED) is 0.527. The van der Waals surface area contributed by atoms with Crippen molar-refractivity contribution in [3.8, 4) is 5.69 Å². The summed E-state index contributed by atoms with van der Waals surface area (Å²) in [5.74, 6) is -0.429. The normalized spacial score (nSPS) is 11.1. The molecule has 0 atom stereocenters. The van der Waals surface area contributed by atoms with Crippen LogP contribution in [0.5, 0.6) is 0 Å². The van der Waals surface area contributed by atoms with E-state index in [1.165, 1.54) is 17.5 Å². The molecule has 7 heteroatoms. The second-order valence-electron chi connectivity index (χ2n) is 6.75. The van der Waals surface area contributed by atoms with Gasteiger partial charge in [-0.3, -0.25) is 24.0 Å². The number of hydrogen-bond acceptors (Lipinski definition) is 4. The molecule has 140 valence electrons. The van der Waals surface area contributed by atoms with Crippen LogP contribution >= 0.6 is 0 Å². The summed E-state index contributed by atoms with van der Waals surface area (Å²) in [5.41, 5.74) is 3.28. The Morgan fingerprint density at radius 1 is 1.07 bits per heavy atom. The topological polar surface area (TPSA) is 92.2 Å². The number of fused-ring (bicyclic) bond motifs is 2. The molecule has 0 aliphatic rings. The number of pyridine rings is 2. The van der Waals surface area contributed by atoms with Crippen molar-refractivity contribution in [2.45, 2.75) is 13.8 Å². The van der Waals surface area contributed by atoms with Gasteiger partial charge in [0.2, 0.25) is 0 Å². The lowest BCUT2D eigenvalue weighted by molar-refractivity contribution is 0.0961. The number of rotatable bonds is 2. The van der Waals surface area contributed by atoms with Gasteiger partial charge in [-0.2, -0.15) is 0 Å². The van der Waals surface area contributed by atoms with Crippen molar-refractivity contribution in [2.24, 2.45) is 0 Å². The van der Waals surface area contributed by atoms with Gasteiger partial charge in [-0.25, -0.2) is 4.98 Å². The third-order valence-electron chi connectivity index (χ3n) is 4.73. The minimum Gasteiger partial charge on any atom is -0.355 e. The van der Waals surface area contributed by atoms with Crippen molar-refractivity contribution in [1.82, 2.24) is 19.3 Å². The van der Waals surface area contributed by atoms with Crippen molar-refractivity contribution in [2.75, 3.05) is 7.05 Å². The number of carbonyl (C=O) groups excluding carboxylic acids is 1. The number of aryl methyl sites for hydroxylation is 2. The van der Waals surface area contributed by atoms with Crippen LogP contribution in [0.3, 0.4) is 0 Å². The van der Waals surface area contributed by atoms with Crippen LogP contribution in [0.2, 0.25) is 0 Å². The van der Waals surface area contributed by atoms with Gasteiger partial charge in [0.15, 0.2) is 5.65 Å². The summed E-state index contributed by atoms with van der Waals surface area (Å²) in [6.45, 7) is 3.86. The molecule has 3 aromatic heterocycles. The highest BCUT2D eigenvalue weighted by Crippen LogP contribution is 2.16. The van der Waals surface area contributed by atoms with E-state index in [-0.39, 0.29) is 22.0 Å². The zero-order valence-corrected chi connectivity index (χ0v) is 15.8. The van der Waals surface area contributed by atoms with Crippen molar-refractivity contribution < 1.29 is 4.79 Å². The summed E-state index contributed by atoms with van der Waals surface area (Å²) in [5, 5.41) is 11.4. The Morgan fingerprint density at radius 3 is 2.43 bits per heavy atom. The number of amides is 1. The molecular weight excluding hydrogens is 354 g/mol. The van der Waals surface area contributed by atoms with Crippen LogP contribution in [0.25, 0.3) is 22.4 Å². The Hall–Kier alpha value is -3.74. The maximum atomic E-state index is 13.2. The van der Waals surface area contributed by atoms with E-state index in [2.05, 4.69) is 10.3 Å². The van der Waals surface area contributed by atoms with Gasteiger partial charge in [0.25, 0.3) is 11.5 Å². The number of nitrogens with zero attached hydrogens (tertiary/aromatic N) is 3. The number of carbonyl (C=O) groups is 1. The molecule has 0 spiro atoms. The largest absolute Gasteiger partial charge is 0.355 e.